The highest BCUT2D eigenvalue weighted by Gasteiger charge is 2.23. The third kappa shape index (κ3) is 4.77. The van der Waals surface area contributed by atoms with E-state index in [1.54, 1.807) is 23.2 Å². The molecule has 2 amide bonds. The summed E-state index contributed by atoms with van der Waals surface area (Å²) in [5.41, 5.74) is 0.614. The zero-order valence-corrected chi connectivity index (χ0v) is 17.3. The lowest BCUT2D eigenvalue weighted by Gasteiger charge is -2.35. The van der Waals surface area contributed by atoms with Crippen LogP contribution >= 0.6 is 11.6 Å². The van der Waals surface area contributed by atoms with E-state index >= 15 is 0 Å². The van der Waals surface area contributed by atoms with Gasteiger partial charge in [0.1, 0.15) is 23.3 Å². The van der Waals surface area contributed by atoms with Crippen LogP contribution in [0.1, 0.15) is 5.82 Å². The molecule has 30 heavy (non-hydrogen) atoms. The second-order valence-corrected chi connectivity index (χ2v) is 7.29. The molecule has 8 nitrogen and oxygen atoms in total. The third-order valence-electron chi connectivity index (χ3n) is 4.75. The standard InChI is InChI=1S/C21H22ClN7O/c1-15-24-19(27-18-8-4-5-9-23-18)14-20(25-15)28-10-12-29(13-11-28)21(30)26-17-7-3-2-6-16(17)22/h2-9,14H,10-13H2,1H3,(H,26,30)(H,23,24,25,27). The van der Waals surface area contributed by atoms with Crippen LogP contribution in [-0.4, -0.2) is 52.1 Å². The fourth-order valence-corrected chi connectivity index (χ4v) is 3.42. The summed E-state index contributed by atoms with van der Waals surface area (Å²) in [6.07, 6.45) is 1.73. The number of hydrogen-bond donors (Lipinski definition) is 2. The number of para-hydroxylation sites is 1. The molecule has 154 valence electrons. The van der Waals surface area contributed by atoms with E-state index < -0.39 is 0 Å². The van der Waals surface area contributed by atoms with Crippen LogP contribution in [0.5, 0.6) is 0 Å². The number of halogens is 1. The summed E-state index contributed by atoms with van der Waals surface area (Å²) in [5.74, 6) is 2.91. The summed E-state index contributed by atoms with van der Waals surface area (Å²) in [6, 6.07) is 14.6. The predicted molar refractivity (Wildman–Crippen MR) is 119 cm³/mol. The number of nitrogens with one attached hydrogen (secondary N) is 2. The summed E-state index contributed by atoms with van der Waals surface area (Å²) >= 11 is 6.13. The van der Waals surface area contributed by atoms with Crippen molar-refractivity contribution in [3.63, 3.8) is 0 Å². The lowest BCUT2D eigenvalue weighted by Crippen LogP contribution is -2.50. The lowest BCUT2D eigenvalue weighted by molar-refractivity contribution is 0.208. The van der Waals surface area contributed by atoms with Gasteiger partial charge in [-0.2, -0.15) is 0 Å². The lowest BCUT2D eigenvalue weighted by atomic mass is 10.3. The van der Waals surface area contributed by atoms with Crippen LogP contribution in [0, 0.1) is 6.92 Å². The number of benzene rings is 1. The van der Waals surface area contributed by atoms with E-state index in [0.717, 1.165) is 11.6 Å². The zero-order chi connectivity index (χ0) is 20.9. The van der Waals surface area contributed by atoms with Gasteiger partial charge in [0, 0.05) is 38.4 Å². The molecule has 0 spiro atoms. The molecule has 1 aliphatic rings. The Morgan fingerprint density at radius 1 is 1.00 bits per heavy atom. The molecule has 1 saturated heterocycles. The molecular formula is C21H22ClN7O. The van der Waals surface area contributed by atoms with Crippen LogP contribution in [0.2, 0.25) is 5.02 Å². The van der Waals surface area contributed by atoms with Gasteiger partial charge in [0.05, 0.1) is 10.7 Å². The summed E-state index contributed by atoms with van der Waals surface area (Å²) in [6.45, 7) is 4.38. The summed E-state index contributed by atoms with van der Waals surface area (Å²) in [7, 11) is 0. The number of urea groups is 1. The average Bonchev–Trinajstić information content (AvgIpc) is 2.76. The quantitative estimate of drug-likeness (QED) is 0.661. The minimum Gasteiger partial charge on any atom is -0.353 e. The van der Waals surface area contributed by atoms with Crippen LogP contribution in [0.4, 0.5) is 27.9 Å². The molecule has 2 N–H and O–H groups in total. The third-order valence-corrected chi connectivity index (χ3v) is 5.08. The number of pyridine rings is 1. The van der Waals surface area contributed by atoms with Crippen LogP contribution < -0.4 is 15.5 Å². The van der Waals surface area contributed by atoms with Crippen LogP contribution in [0.3, 0.4) is 0 Å². The van der Waals surface area contributed by atoms with E-state index in [-0.39, 0.29) is 6.03 Å². The maximum atomic E-state index is 12.6. The summed E-state index contributed by atoms with van der Waals surface area (Å²) < 4.78 is 0. The molecule has 3 heterocycles. The Balaban J connectivity index is 1.39. The van der Waals surface area contributed by atoms with Crippen molar-refractivity contribution in [3.8, 4) is 0 Å². The van der Waals surface area contributed by atoms with Gasteiger partial charge in [-0.3, -0.25) is 0 Å². The van der Waals surface area contributed by atoms with Gasteiger partial charge in [-0.05, 0) is 31.2 Å². The minimum atomic E-state index is -0.154. The monoisotopic (exact) mass is 423 g/mol. The van der Waals surface area contributed by atoms with Gasteiger partial charge in [0.15, 0.2) is 0 Å². The van der Waals surface area contributed by atoms with Gasteiger partial charge in [-0.1, -0.05) is 29.8 Å². The first-order chi connectivity index (χ1) is 14.6. The minimum absolute atomic E-state index is 0.154. The number of rotatable bonds is 4. The molecule has 0 unspecified atom stereocenters. The number of carbonyl (C=O) groups is 1. The highest BCUT2D eigenvalue weighted by atomic mass is 35.5. The molecule has 0 bridgehead atoms. The highest BCUT2D eigenvalue weighted by molar-refractivity contribution is 6.33. The maximum Gasteiger partial charge on any atom is 0.322 e. The Kier molecular flexibility index (Phi) is 5.94. The average molecular weight is 424 g/mol. The smallest absolute Gasteiger partial charge is 0.322 e. The second kappa shape index (κ2) is 8.96. The van der Waals surface area contributed by atoms with Gasteiger partial charge in [0.25, 0.3) is 0 Å². The Morgan fingerprint density at radius 3 is 2.50 bits per heavy atom. The normalized spacial score (nSPS) is 13.8. The van der Waals surface area contributed by atoms with Crippen LogP contribution in [0.15, 0.2) is 54.7 Å². The molecule has 1 aliphatic heterocycles. The summed E-state index contributed by atoms with van der Waals surface area (Å²) in [4.78, 5) is 29.8. The zero-order valence-electron chi connectivity index (χ0n) is 16.5. The van der Waals surface area contributed by atoms with E-state index in [1.807, 2.05) is 43.3 Å². The SMILES string of the molecule is Cc1nc(Nc2ccccn2)cc(N2CCN(C(=O)Nc3ccccc3Cl)CC2)n1. The number of aryl methyl sites for hydroxylation is 1. The molecule has 0 radical (unpaired) electrons. The van der Waals surface area contributed by atoms with E-state index in [0.29, 0.717) is 48.5 Å². The van der Waals surface area contributed by atoms with Gasteiger partial charge in [0.2, 0.25) is 0 Å². The number of amides is 2. The molecular weight excluding hydrogens is 402 g/mol. The van der Waals surface area contributed by atoms with Crippen molar-refractivity contribution in [1.82, 2.24) is 19.9 Å². The molecule has 0 atom stereocenters. The Bertz CT molecular complexity index is 1020. The topological polar surface area (TPSA) is 86.3 Å². The molecule has 9 heteroatoms. The number of nitrogens with zero attached hydrogens (tertiary/aromatic N) is 5. The molecule has 0 saturated carbocycles. The van der Waals surface area contributed by atoms with Crippen molar-refractivity contribution in [2.24, 2.45) is 0 Å². The first-order valence-corrected chi connectivity index (χ1v) is 10.1. The fourth-order valence-electron chi connectivity index (χ4n) is 3.24. The van der Waals surface area contributed by atoms with Gasteiger partial charge < -0.3 is 20.4 Å². The largest absolute Gasteiger partial charge is 0.353 e. The number of piperazine rings is 1. The number of aromatic nitrogens is 3. The van der Waals surface area contributed by atoms with Crippen LogP contribution in [-0.2, 0) is 0 Å². The number of hydrogen-bond acceptors (Lipinski definition) is 6. The van der Waals surface area contributed by atoms with E-state index in [1.165, 1.54) is 0 Å². The van der Waals surface area contributed by atoms with Crippen molar-refractivity contribution in [3.05, 3.63) is 65.6 Å². The number of anilines is 4. The van der Waals surface area contributed by atoms with E-state index in [2.05, 4.69) is 30.5 Å². The molecule has 2 aromatic heterocycles. The number of carbonyl (C=O) groups excluding carboxylic acids is 1. The Labute approximate surface area is 179 Å². The van der Waals surface area contributed by atoms with Crippen molar-refractivity contribution in [2.45, 2.75) is 6.92 Å². The van der Waals surface area contributed by atoms with Crippen molar-refractivity contribution >= 4 is 40.8 Å². The van der Waals surface area contributed by atoms with Gasteiger partial charge in [-0.25, -0.2) is 19.7 Å². The molecule has 1 aromatic carbocycles. The predicted octanol–water partition coefficient (Wildman–Crippen LogP) is 3.93. The maximum absolute atomic E-state index is 12.6. The first kappa shape index (κ1) is 19.9. The van der Waals surface area contributed by atoms with Crippen LogP contribution in [0.25, 0.3) is 0 Å². The highest BCUT2D eigenvalue weighted by Crippen LogP contribution is 2.22. The fraction of sp³-hybridized carbons (Fsp3) is 0.238. The van der Waals surface area contributed by atoms with Crippen molar-refractivity contribution in [1.29, 1.82) is 0 Å². The first-order valence-electron chi connectivity index (χ1n) is 9.67. The van der Waals surface area contributed by atoms with Gasteiger partial charge in [-0.15, -0.1) is 0 Å². The van der Waals surface area contributed by atoms with Crippen molar-refractivity contribution in [2.75, 3.05) is 41.7 Å². The van der Waals surface area contributed by atoms with E-state index in [9.17, 15) is 4.79 Å². The van der Waals surface area contributed by atoms with E-state index in [4.69, 9.17) is 11.6 Å². The summed E-state index contributed by atoms with van der Waals surface area (Å²) in [5, 5.41) is 6.60. The van der Waals surface area contributed by atoms with Crippen molar-refractivity contribution < 1.29 is 4.79 Å². The molecule has 1 fully saturated rings. The second-order valence-electron chi connectivity index (χ2n) is 6.88. The molecule has 4 rings (SSSR count). The molecule has 0 aliphatic carbocycles. The Morgan fingerprint density at radius 2 is 1.77 bits per heavy atom. The molecule has 3 aromatic rings. The van der Waals surface area contributed by atoms with Gasteiger partial charge >= 0.3 is 6.03 Å². The Hall–Kier alpha value is -3.39.